The zero-order chi connectivity index (χ0) is 12.1. The Labute approximate surface area is 103 Å². The molecule has 0 saturated heterocycles. The molecule has 87 valence electrons. The van der Waals surface area contributed by atoms with Crippen molar-refractivity contribution in [2.75, 3.05) is 6.61 Å². The Balaban J connectivity index is 2.69. The van der Waals surface area contributed by atoms with Crippen molar-refractivity contribution in [3.05, 3.63) is 29.0 Å². The van der Waals surface area contributed by atoms with Crippen molar-refractivity contribution in [2.45, 2.75) is 24.0 Å². The molecule has 0 aliphatic rings. The van der Waals surface area contributed by atoms with E-state index in [1.165, 1.54) is 23.9 Å². The molecule has 2 nitrogen and oxygen atoms in total. The highest BCUT2D eigenvalue weighted by atomic mass is 35.5. The lowest BCUT2D eigenvalue weighted by Crippen LogP contribution is -2.16. The second-order valence-electron chi connectivity index (χ2n) is 3.01. The molecule has 1 radical (unpaired) electrons. The van der Waals surface area contributed by atoms with Gasteiger partial charge in [-0.05, 0) is 26.0 Å². The van der Waals surface area contributed by atoms with E-state index in [1.54, 1.807) is 13.8 Å². The van der Waals surface area contributed by atoms with E-state index in [1.807, 2.05) is 0 Å². The van der Waals surface area contributed by atoms with Gasteiger partial charge in [-0.15, -0.1) is 11.8 Å². The molecule has 0 aromatic heterocycles. The highest BCUT2D eigenvalue weighted by Gasteiger charge is 2.16. The van der Waals surface area contributed by atoms with E-state index in [9.17, 15) is 9.18 Å². The van der Waals surface area contributed by atoms with Gasteiger partial charge in [-0.25, -0.2) is 4.39 Å². The minimum absolute atomic E-state index is 0.275. The van der Waals surface area contributed by atoms with Gasteiger partial charge in [0.2, 0.25) is 0 Å². The van der Waals surface area contributed by atoms with Crippen molar-refractivity contribution >= 4 is 29.3 Å². The highest BCUT2D eigenvalue weighted by molar-refractivity contribution is 8.00. The van der Waals surface area contributed by atoms with Gasteiger partial charge in [-0.1, -0.05) is 11.6 Å². The Morgan fingerprint density at radius 3 is 3.00 bits per heavy atom. The van der Waals surface area contributed by atoms with Crippen molar-refractivity contribution in [3.8, 4) is 0 Å². The molecule has 0 bridgehead atoms. The SMILES string of the molecule is CCOC(=O)C(C)Sc1c[c]c(F)cc1Cl. The van der Waals surface area contributed by atoms with Crippen LogP contribution in [0.25, 0.3) is 0 Å². The summed E-state index contributed by atoms with van der Waals surface area (Å²) in [4.78, 5) is 12.0. The number of benzene rings is 1. The third-order valence-corrected chi connectivity index (χ3v) is 3.31. The zero-order valence-corrected chi connectivity index (χ0v) is 10.5. The fourth-order valence-corrected chi connectivity index (χ4v) is 2.14. The molecule has 0 fully saturated rings. The first kappa shape index (κ1) is 13.3. The normalized spacial score (nSPS) is 12.2. The number of ether oxygens (including phenoxy) is 1. The topological polar surface area (TPSA) is 26.3 Å². The lowest BCUT2D eigenvalue weighted by Gasteiger charge is -2.10. The number of hydrogen-bond donors (Lipinski definition) is 0. The van der Waals surface area contributed by atoms with Gasteiger partial charge in [0.15, 0.2) is 0 Å². The Kier molecular flexibility index (Phi) is 5.09. The van der Waals surface area contributed by atoms with Crippen molar-refractivity contribution in [2.24, 2.45) is 0 Å². The molecule has 5 heteroatoms. The summed E-state index contributed by atoms with van der Waals surface area (Å²) in [6.45, 7) is 3.79. The Bertz CT molecular complexity index is 384. The van der Waals surface area contributed by atoms with Gasteiger partial charge < -0.3 is 4.74 Å². The van der Waals surface area contributed by atoms with E-state index in [-0.39, 0.29) is 16.2 Å². The Morgan fingerprint density at radius 2 is 2.44 bits per heavy atom. The zero-order valence-electron chi connectivity index (χ0n) is 8.92. The van der Waals surface area contributed by atoms with Crippen LogP contribution < -0.4 is 0 Å². The average molecular weight is 262 g/mol. The van der Waals surface area contributed by atoms with Crippen molar-refractivity contribution < 1.29 is 13.9 Å². The van der Waals surface area contributed by atoms with E-state index in [4.69, 9.17) is 16.3 Å². The third kappa shape index (κ3) is 3.68. The molecular formula is C11H11ClFO2S. The second kappa shape index (κ2) is 6.11. The van der Waals surface area contributed by atoms with E-state index in [0.717, 1.165) is 0 Å². The number of esters is 1. The molecule has 1 unspecified atom stereocenters. The summed E-state index contributed by atoms with van der Waals surface area (Å²) in [6, 6.07) is 4.99. The van der Waals surface area contributed by atoms with Crippen LogP contribution in [0.5, 0.6) is 0 Å². The van der Waals surface area contributed by atoms with Gasteiger partial charge in [0.25, 0.3) is 0 Å². The van der Waals surface area contributed by atoms with E-state index in [2.05, 4.69) is 6.07 Å². The smallest absolute Gasteiger partial charge is 0.319 e. The van der Waals surface area contributed by atoms with Crippen LogP contribution in [0.3, 0.4) is 0 Å². The standard InChI is InChI=1S/C11H11ClFO2S/c1-3-15-11(14)7(2)16-10-5-4-8(13)6-9(10)12/h5-7H,3H2,1-2H3. The molecule has 0 saturated carbocycles. The van der Waals surface area contributed by atoms with Crippen molar-refractivity contribution in [1.29, 1.82) is 0 Å². The lowest BCUT2D eigenvalue weighted by atomic mass is 10.3. The first-order valence-electron chi connectivity index (χ1n) is 4.74. The number of hydrogen-bond acceptors (Lipinski definition) is 3. The van der Waals surface area contributed by atoms with E-state index >= 15 is 0 Å². The van der Waals surface area contributed by atoms with E-state index in [0.29, 0.717) is 11.5 Å². The summed E-state index contributed by atoms with van der Waals surface area (Å²) in [5, 5.41) is -0.103. The van der Waals surface area contributed by atoms with Crippen LogP contribution in [0, 0.1) is 11.9 Å². The van der Waals surface area contributed by atoms with Crippen LogP contribution >= 0.6 is 23.4 Å². The summed E-state index contributed by atoms with van der Waals surface area (Å²) in [5.74, 6) is -0.828. The van der Waals surface area contributed by atoms with Gasteiger partial charge in [-0.2, -0.15) is 0 Å². The maximum absolute atomic E-state index is 12.7. The predicted molar refractivity (Wildman–Crippen MR) is 62.2 cm³/mol. The molecule has 1 atom stereocenters. The minimum atomic E-state index is -0.516. The largest absolute Gasteiger partial charge is 0.465 e. The molecule has 0 aliphatic heterocycles. The first-order chi connectivity index (χ1) is 7.54. The van der Waals surface area contributed by atoms with Gasteiger partial charge >= 0.3 is 5.97 Å². The number of thioether (sulfide) groups is 1. The summed E-state index contributed by atoms with van der Waals surface area (Å²) in [5.41, 5.74) is 0. The van der Waals surface area contributed by atoms with Gasteiger partial charge in [0, 0.05) is 11.0 Å². The molecule has 0 amide bonds. The quantitative estimate of drug-likeness (QED) is 0.614. The molecule has 0 N–H and O–H groups in total. The number of carbonyl (C=O) groups is 1. The second-order valence-corrected chi connectivity index (χ2v) is 4.80. The number of carbonyl (C=O) groups excluding carboxylic acids is 1. The maximum atomic E-state index is 12.7. The number of rotatable bonds is 4. The summed E-state index contributed by atoms with van der Waals surface area (Å²) < 4.78 is 17.6. The first-order valence-corrected chi connectivity index (χ1v) is 6.00. The average Bonchev–Trinajstić information content (AvgIpc) is 2.22. The minimum Gasteiger partial charge on any atom is -0.465 e. The highest BCUT2D eigenvalue weighted by Crippen LogP contribution is 2.30. The van der Waals surface area contributed by atoms with E-state index < -0.39 is 5.82 Å². The predicted octanol–water partition coefficient (Wildman–Crippen LogP) is 3.32. The molecule has 1 rings (SSSR count). The summed E-state index contributed by atoms with van der Waals surface area (Å²) in [6.07, 6.45) is 0. The van der Waals surface area contributed by atoms with Crippen molar-refractivity contribution in [1.82, 2.24) is 0 Å². The summed E-state index contributed by atoms with van der Waals surface area (Å²) >= 11 is 7.04. The lowest BCUT2D eigenvalue weighted by molar-refractivity contribution is -0.142. The summed E-state index contributed by atoms with van der Waals surface area (Å²) in [7, 11) is 0. The molecule has 0 aliphatic carbocycles. The molecule has 0 spiro atoms. The molecular weight excluding hydrogens is 251 g/mol. The Hall–Kier alpha value is -0.740. The van der Waals surface area contributed by atoms with Crippen LogP contribution in [-0.2, 0) is 9.53 Å². The molecule has 0 heterocycles. The van der Waals surface area contributed by atoms with Crippen LogP contribution in [0.1, 0.15) is 13.8 Å². The fourth-order valence-electron chi connectivity index (χ4n) is 1.02. The van der Waals surface area contributed by atoms with Crippen LogP contribution in [-0.4, -0.2) is 17.8 Å². The monoisotopic (exact) mass is 261 g/mol. The molecule has 1 aromatic carbocycles. The number of halogens is 2. The van der Waals surface area contributed by atoms with Gasteiger partial charge in [-0.3, -0.25) is 4.79 Å². The van der Waals surface area contributed by atoms with Crippen LogP contribution in [0.4, 0.5) is 4.39 Å². The Morgan fingerprint density at radius 1 is 1.75 bits per heavy atom. The fraction of sp³-hybridized carbons (Fsp3) is 0.364. The molecule has 16 heavy (non-hydrogen) atoms. The maximum Gasteiger partial charge on any atom is 0.319 e. The van der Waals surface area contributed by atoms with Gasteiger partial charge in [0.05, 0.1) is 11.6 Å². The third-order valence-electron chi connectivity index (χ3n) is 1.75. The molecule has 1 aromatic rings. The van der Waals surface area contributed by atoms with Crippen LogP contribution in [0.15, 0.2) is 17.0 Å². The van der Waals surface area contributed by atoms with Crippen LogP contribution in [0.2, 0.25) is 5.02 Å². The van der Waals surface area contributed by atoms with Crippen molar-refractivity contribution in [3.63, 3.8) is 0 Å². The van der Waals surface area contributed by atoms with Gasteiger partial charge in [0.1, 0.15) is 11.1 Å².